The predicted octanol–water partition coefficient (Wildman–Crippen LogP) is 10.9. The molecule has 0 saturated carbocycles. The van der Waals surface area contributed by atoms with Crippen molar-refractivity contribution in [3.63, 3.8) is 0 Å². The number of hydrogen-bond donors (Lipinski definition) is 0. The summed E-state index contributed by atoms with van der Waals surface area (Å²) in [7, 11) is -1.82. The van der Waals surface area contributed by atoms with Crippen molar-refractivity contribution in [1.82, 2.24) is 0 Å². The van der Waals surface area contributed by atoms with Crippen molar-refractivity contribution in [2.75, 3.05) is 0 Å². The zero-order chi connectivity index (χ0) is 35.1. The van der Waals surface area contributed by atoms with E-state index in [0.29, 0.717) is 11.3 Å². The summed E-state index contributed by atoms with van der Waals surface area (Å²) < 4.78 is 0. The molecule has 2 nitrogen and oxygen atoms in total. The molecule has 6 rings (SSSR count). The number of nitrogens with zero attached hydrogens (tertiary/aromatic N) is 2. The van der Waals surface area contributed by atoms with Crippen LogP contribution in [0, 0.1) is 0 Å². The van der Waals surface area contributed by atoms with Crippen molar-refractivity contribution < 1.29 is 20.4 Å². The minimum atomic E-state index is -0.910. The van der Waals surface area contributed by atoms with Crippen LogP contribution in [0.25, 0.3) is 10.8 Å². The van der Waals surface area contributed by atoms with Crippen molar-refractivity contribution >= 4 is 49.5 Å². The monoisotopic (exact) mass is 802 g/mol. The summed E-state index contributed by atoms with van der Waals surface area (Å²) in [5.41, 5.74) is 2.89. The Hall–Kier alpha value is -3.82. The molecule has 0 aliphatic rings. The Morgan fingerprint density at radius 2 is 0.588 bits per heavy atom. The summed E-state index contributed by atoms with van der Waals surface area (Å²) in [6.45, 7) is 9.24. The van der Waals surface area contributed by atoms with E-state index in [2.05, 4.69) is 149 Å². The molecule has 0 fully saturated rings. The van der Waals surface area contributed by atoms with Crippen molar-refractivity contribution in [3.8, 4) is 0 Å². The molecular formula is C46H54N2P2Pd+2. The van der Waals surface area contributed by atoms with Gasteiger partial charge in [-0.3, -0.25) is 0 Å². The van der Waals surface area contributed by atoms with Crippen LogP contribution in [-0.2, 0) is 20.4 Å². The smallest absolute Gasteiger partial charge is 0.810 e. The first-order valence-electron chi connectivity index (χ1n) is 17.0. The minimum absolute atomic E-state index is 0. The second kappa shape index (κ2) is 26.9. The van der Waals surface area contributed by atoms with Gasteiger partial charge in [-0.2, -0.15) is 12.4 Å². The first kappa shape index (κ1) is 45.2. The van der Waals surface area contributed by atoms with Crippen LogP contribution in [0.5, 0.6) is 0 Å². The largest absolute Gasteiger partial charge is 2.00 e. The van der Waals surface area contributed by atoms with E-state index in [1.165, 1.54) is 27.6 Å². The van der Waals surface area contributed by atoms with Gasteiger partial charge in [0.15, 0.2) is 0 Å². The standard InChI is InChI=1S/C28H28P2.2C7H6N.C3H8.CH4.Pd/c1-23(29(25-15-7-3-8-16-25)26-17-9-4-10-18-26)24(2)30(27-19-11-5-12-20-27)28-21-13-6-14-22-28;2*8-6-7-4-2-1-3-5-7;1-3-2;;/h3-24H,1-2H3;2*1-6H;3H2,1-2H3;1H4;/q;2*-1;;;+2/p+2/t23-,24-;;;;;/m0...../s1. The Morgan fingerprint density at radius 3 is 0.745 bits per heavy atom. The third kappa shape index (κ3) is 15.5. The van der Waals surface area contributed by atoms with Gasteiger partial charge >= 0.3 is 20.4 Å². The van der Waals surface area contributed by atoms with Gasteiger partial charge < -0.3 is 10.8 Å². The fourth-order valence-electron chi connectivity index (χ4n) is 5.43. The summed E-state index contributed by atoms with van der Waals surface area (Å²) in [6, 6.07) is 63.4. The van der Waals surface area contributed by atoms with E-state index in [1.807, 2.05) is 60.7 Å². The Labute approximate surface area is 325 Å². The number of rotatable bonds is 9. The molecule has 51 heavy (non-hydrogen) atoms. The fraction of sp³-hybridized carbons (Fsp3) is 0.174. The zero-order valence-electron chi connectivity index (χ0n) is 29.5. The summed E-state index contributed by atoms with van der Waals surface area (Å²) in [5, 5.41) is 22.9. The molecule has 0 bridgehead atoms. The molecule has 0 aromatic heterocycles. The summed E-state index contributed by atoms with van der Waals surface area (Å²) in [4.78, 5) is 0. The molecule has 266 valence electrons. The van der Waals surface area contributed by atoms with Crippen LogP contribution >= 0.6 is 15.8 Å². The molecular weight excluding hydrogens is 749 g/mol. The van der Waals surface area contributed by atoms with E-state index >= 15 is 0 Å². The van der Waals surface area contributed by atoms with Gasteiger partial charge in [0.05, 0.1) is 37.1 Å². The third-order valence-corrected chi connectivity index (χ3v) is 14.9. The first-order chi connectivity index (χ1) is 24.0. The summed E-state index contributed by atoms with van der Waals surface area (Å²) >= 11 is 0. The van der Waals surface area contributed by atoms with Crippen LogP contribution in [0.15, 0.2) is 182 Å². The molecule has 0 amide bonds. The van der Waals surface area contributed by atoms with Crippen LogP contribution in [-0.4, -0.2) is 23.7 Å². The van der Waals surface area contributed by atoms with E-state index in [0.717, 1.165) is 23.6 Å². The number of hydrogen-bond acceptors (Lipinski definition) is 0. The quantitative estimate of drug-likeness (QED) is 0.0794. The third-order valence-electron chi connectivity index (χ3n) is 7.90. The normalized spacial score (nSPS) is 10.9. The molecule has 6 aromatic rings. The molecule has 6 aromatic carbocycles. The molecule has 0 heterocycles. The van der Waals surface area contributed by atoms with Gasteiger partial charge in [0.25, 0.3) is 0 Å². The van der Waals surface area contributed by atoms with Gasteiger partial charge in [-0.1, -0.05) is 161 Å². The predicted molar refractivity (Wildman–Crippen MR) is 232 cm³/mol. The Kier molecular flexibility index (Phi) is 23.9. The summed E-state index contributed by atoms with van der Waals surface area (Å²) in [6.07, 6.45) is 3.42. The fourth-order valence-corrected chi connectivity index (χ4v) is 12.4. The van der Waals surface area contributed by atoms with Gasteiger partial charge in [0.1, 0.15) is 11.3 Å². The maximum atomic E-state index is 8.41. The molecule has 0 N–H and O–H groups in total. The molecule has 2 atom stereocenters. The van der Waals surface area contributed by atoms with Gasteiger partial charge in [-0.25, -0.2) is 0 Å². The molecule has 5 heteroatoms. The van der Waals surface area contributed by atoms with Crippen LogP contribution in [0.2, 0.25) is 0 Å². The van der Waals surface area contributed by atoms with E-state index in [9.17, 15) is 0 Å². The Bertz CT molecular complexity index is 1500. The van der Waals surface area contributed by atoms with E-state index in [-0.39, 0.29) is 27.8 Å². The molecule has 0 aliphatic heterocycles. The van der Waals surface area contributed by atoms with Crippen molar-refractivity contribution in [2.45, 2.75) is 52.9 Å². The maximum Gasteiger partial charge on any atom is 2.00 e. The van der Waals surface area contributed by atoms with Crippen LogP contribution in [0.4, 0.5) is 0 Å². The van der Waals surface area contributed by atoms with Crippen LogP contribution < -0.4 is 21.2 Å². The molecule has 0 unspecified atom stereocenters. The van der Waals surface area contributed by atoms with Gasteiger partial charge in [-0.05, 0) is 73.5 Å². The van der Waals surface area contributed by atoms with Gasteiger partial charge in [0.2, 0.25) is 0 Å². The van der Waals surface area contributed by atoms with Gasteiger partial charge in [0, 0.05) is 0 Å². The topological polar surface area (TPSA) is 44.6 Å². The second-order valence-corrected chi connectivity index (χ2v) is 17.4. The second-order valence-electron chi connectivity index (χ2n) is 11.7. The minimum Gasteiger partial charge on any atom is -0.810 e. The van der Waals surface area contributed by atoms with E-state index in [4.69, 9.17) is 10.8 Å². The molecule has 0 spiro atoms. The van der Waals surface area contributed by atoms with Crippen molar-refractivity contribution in [3.05, 3.63) is 204 Å². The van der Waals surface area contributed by atoms with Crippen LogP contribution in [0.1, 0.15) is 52.7 Å². The maximum absolute atomic E-state index is 8.41. The molecule has 0 radical (unpaired) electrons. The van der Waals surface area contributed by atoms with Crippen molar-refractivity contribution in [1.29, 1.82) is 0 Å². The summed E-state index contributed by atoms with van der Waals surface area (Å²) in [5.74, 6) is 0. The Morgan fingerprint density at radius 1 is 0.412 bits per heavy atom. The van der Waals surface area contributed by atoms with Crippen LogP contribution in [0.3, 0.4) is 0 Å². The Balaban J connectivity index is 0.000000506. The van der Waals surface area contributed by atoms with E-state index < -0.39 is 15.8 Å². The first-order valence-corrected chi connectivity index (χ1v) is 20.2. The average Bonchev–Trinajstić information content (AvgIpc) is 3.18. The van der Waals surface area contributed by atoms with E-state index in [1.54, 1.807) is 0 Å². The molecule has 0 aliphatic carbocycles. The van der Waals surface area contributed by atoms with Crippen molar-refractivity contribution in [2.24, 2.45) is 0 Å². The average molecular weight is 803 g/mol. The molecule has 0 saturated heterocycles. The zero-order valence-corrected chi connectivity index (χ0v) is 33.1. The SMILES string of the molecule is C.CCC.C[C@@H]([C@H](C)[PH+](c1ccccc1)c1ccccc1)[PH+](c1ccccc1)c1ccccc1.[N-]=Cc1ccccc1.[N-]=Cc1ccccc1.[Pd+2]. The number of benzene rings is 6. The van der Waals surface area contributed by atoms with Gasteiger partial charge in [-0.15, -0.1) is 0 Å².